The molecule has 0 fully saturated rings. The summed E-state index contributed by atoms with van der Waals surface area (Å²) in [6, 6.07) is 5.84. The smallest absolute Gasteiger partial charge is 0.326 e. The van der Waals surface area contributed by atoms with E-state index in [1.807, 2.05) is 0 Å². The second-order valence-electron chi connectivity index (χ2n) is 3.97. The largest absolute Gasteiger partial charge is 0.384 e. The van der Waals surface area contributed by atoms with Crippen LogP contribution in [0.15, 0.2) is 24.3 Å². The lowest BCUT2D eigenvalue weighted by atomic mass is 10.3. The summed E-state index contributed by atoms with van der Waals surface area (Å²) < 4.78 is 0. The normalized spacial score (nSPS) is 10.2. The third-order valence-electron chi connectivity index (χ3n) is 2.28. The standard InChI is InChI=1S/C12H11Cl2N5O/c1-6-4-10(15)18-11(16-6)19-12(20)17-7-2-3-8(13)9(14)5-7/h2-5H,1H3,(H4,15,16,17,18,19,20). The number of nitrogen functional groups attached to an aromatic ring is 1. The number of halogens is 2. The number of carbonyl (C=O) groups excluding carboxylic acids is 1. The van der Waals surface area contributed by atoms with Gasteiger partial charge in [0.05, 0.1) is 10.0 Å². The van der Waals surface area contributed by atoms with E-state index in [1.54, 1.807) is 25.1 Å². The molecule has 0 aliphatic carbocycles. The molecule has 20 heavy (non-hydrogen) atoms. The van der Waals surface area contributed by atoms with Gasteiger partial charge in [0.2, 0.25) is 5.95 Å². The highest BCUT2D eigenvalue weighted by Gasteiger charge is 2.07. The average Bonchev–Trinajstić information content (AvgIpc) is 2.32. The Morgan fingerprint density at radius 3 is 2.55 bits per heavy atom. The van der Waals surface area contributed by atoms with Crippen LogP contribution in [0.5, 0.6) is 0 Å². The van der Waals surface area contributed by atoms with Crippen molar-refractivity contribution in [3.8, 4) is 0 Å². The maximum absolute atomic E-state index is 11.8. The zero-order valence-electron chi connectivity index (χ0n) is 10.4. The Labute approximate surface area is 125 Å². The maximum Gasteiger partial charge on any atom is 0.326 e. The molecule has 4 N–H and O–H groups in total. The number of nitrogens with two attached hydrogens (primary N) is 1. The van der Waals surface area contributed by atoms with Crippen LogP contribution in [0.25, 0.3) is 0 Å². The number of hydrogen-bond acceptors (Lipinski definition) is 4. The van der Waals surface area contributed by atoms with Crippen LogP contribution < -0.4 is 16.4 Å². The zero-order chi connectivity index (χ0) is 14.7. The molecular formula is C12H11Cl2N5O. The lowest BCUT2D eigenvalue weighted by Gasteiger charge is -2.08. The molecule has 1 aromatic carbocycles. The Hall–Kier alpha value is -2.05. The van der Waals surface area contributed by atoms with E-state index in [2.05, 4.69) is 20.6 Å². The molecule has 0 aliphatic rings. The van der Waals surface area contributed by atoms with Gasteiger partial charge in [-0.15, -0.1) is 0 Å². The van der Waals surface area contributed by atoms with Crippen LogP contribution in [-0.2, 0) is 0 Å². The Morgan fingerprint density at radius 2 is 1.90 bits per heavy atom. The van der Waals surface area contributed by atoms with Crippen LogP contribution in [0.3, 0.4) is 0 Å². The quantitative estimate of drug-likeness (QED) is 0.793. The minimum absolute atomic E-state index is 0.125. The van der Waals surface area contributed by atoms with E-state index in [-0.39, 0.29) is 11.8 Å². The molecule has 104 valence electrons. The lowest BCUT2D eigenvalue weighted by Crippen LogP contribution is -2.21. The molecule has 6 nitrogen and oxygen atoms in total. The van der Waals surface area contributed by atoms with Crippen molar-refractivity contribution < 1.29 is 4.79 Å². The van der Waals surface area contributed by atoms with Crippen molar-refractivity contribution in [1.82, 2.24) is 9.97 Å². The Kier molecular flexibility index (Phi) is 4.26. The number of nitrogens with zero attached hydrogens (tertiary/aromatic N) is 2. The van der Waals surface area contributed by atoms with Crippen molar-refractivity contribution in [2.75, 3.05) is 16.4 Å². The number of carbonyl (C=O) groups is 1. The third-order valence-corrected chi connectivity index (χ3v) is 3.02. The first kappa shape index (κ1) is 14.4. The van der Waals surface area contributed by atoms with E-state index in [9.17, 15) is 4.79 Å². The summed E-state index contributed by atoms with van der Waals surface area (Å²) in [5.74, 6) is 0.405. The van der Waals surface area contributed by atoms with Crippen molar-refractivity contribution in [3.63, 3.8) is 0 Å². The molecule has 0 bridgehead atoms. The van der Waals surface area contributed by atoms with E-state index in [0.717, 1.165) is 0 Å². The Bertz CT molecular complexity index is 642. The molecular weight excluding hydrogens is 301 g/mol. The van der Waals surface area contributed by atoms with Crippen LogP contribution in [0, 0.1) is 6.92 Å². The van der Waals surface area contributed by atoms with Gasteiger partial charge in [0, 0.05) is 17.4 Å². The monoisotopic (exact) mass is 311 g/mol. The fourth-order valence-corrected chi connectivity index (χ4v) is 1.78. The van der Waals surface area contributed by atoms with Gasteiger partial charge in [-0.3, -0.25) is 5.32 Å². The molecule has 2 rings (SSSR count). The first-order chi connectivity index (χ1) is 9.44. The second kappa shape index (κ2) is 5.94. The maximum atomic E-state index is 11.8. The molecule has 0 saturated heterocycles. The van der Waals surface area contributed by atoms with E-state index in [0.29, 0.717) is 21.4 Å². The number of anilines is 3. The molecule has 0 aliphatic heterocycles. The van der Waals surface area contributed by atoms with Crippen molar-refractivity contribution in [1.29, 1.82) is 0 Å². The van der Waals surface area contributed by atoms with Crippen LogP contribution in [0.4, 0.5) is 22.2 Å². The number of rotatable bonds is 2. The van der Waals surface area contributed by atoms with Crippen molar-refractivity contribution >= 4 is 46.7 Å². The van der Waals surface area contributed by atoms with Crippen LogP contribution in [0.1, 0.15) is 5.69 Å². The van der Waals surface area contributed by atoms with Gasteiger partial charge in [0.1, 0.15) is 5.82 Å². The number of aryl methyl sites for hydroxylation is 1. The Balaban J connectivity index is 2.06. The predicted molar refractivity (Wildman–Crippen MR) is 80.3 cm³/mol. The highest BCUT2D eigenvalue weighted by atomic mass is 35.5. The molecule has 8 heteroatoms. The van der Waals surface area contributed by atoms with Gasteiger partial charge in [-0.25, -0.2) is 9.78 Å². The summed E-state index contributed by atoms with van der Waals surface area (Å²) in [7, 11) is 0. The second-order valence-corrected chi connectivity index (χ2v) is 4.78. The lowest BCUT2D eigenvalue weighted by molar-refractivity contribution is 0.262. The fraction of sp³-hybridized carbons (Fsp3) is 0.0833. The summed E-state index contributed by atoms with van der Waals surface area (Å²) in [4.78, 5) is 19.7. The highest BCUT2D eigenvalue weighted by Crippen LogP contribution is 2.25. The Morgan fingerprint density at radius 1 is 1.15 bits per heavy atom. The summed E-state index contributed by atoms with van der Waals surface area (Å²) in [5, 5.41) is 5.82. The van der Waals surface area contributed by atoms with Gasteiger partial charge >= 0.3 is 6.03 Å². The topological polar surface area (TPSA) is 92.9 Å². The van der Waals surface area contributed by atoms with Gasteiger partial charge in [-0.1, -0.05) is 23.2 Å². The van der Waals surface area contributed by atoms with Gasteiger partial charge < -0.3 is 11.1 Å². The van der Waals surface area contributed by atoms with Crippen molar-refractivity contribution in [3.05, 3.63) is 40.0 Å². The zero-order valence-corrected chi connectivity index (χ0v) is 12.0. The van der Waals surface area contributed by atoms with Gasteiger partial charge in [-0.05, 0) is 25.1 Å². The molecule has 2 amide bonds. The first-order valence-corrected chi connectivity index (χ1v) is 6.34. The molecule has 0 spiro atoms. The molecule has 0 unspecified atom stereocenters. The van der Waals surface area contributed by atoms with E-state index < -0.39 is 6.03 Å². The highest BCUT2D eigenvalue weighted by molar-refractivity contribution is 6.42. The van der Waals surface area contributed by atoms with E-state index >= 15 is 0 Å². The molecule has 0 saturated carbocycles. The van der Waals surface area contributed by atoms with Crippen LogP contribution in [-0.4, -0.2) is 16.0 Å². The first-order valence-electron chi connectivity index (χ1n) is 5.58. The molecule has 2 aromatic rings. The predicted octanol–water partition coefficient (Wildman–Crippen LogP) is 3.32. The summed E-state index contributed by atoms with van der Waals surface area (Å²) >= 11 is 11.6. The summed E-state index contributed by atoms with van der Waals surface area (Å²) in [6.07, 6.45) is 0. The summed E-state index contributed by atoms with van der Waals surface area (Å²) in [5.41, 5.74) is 6.72. The number of benzene rings is 1. The SMILES string of the molecule is Cc1cc(N)nc(NC(=O)Nc2ccc(Cl)c(Cl)c2)n1. The molecule has 1 aromatic heterocycles. The van der Waals surface area contributed by atoms with Crippen molar-refractivity contribution in [2.45, 2.75) is 6.92 Å². The van der Waals surface area contributed by atoms with Gasteiger partial charge in [0.25, 0.3) is 0 Å². The molecule has 0 radical (unpaired) electrons. The van der Waals surface area contributed by atoms with Crippen molar-refractivity contribution in [2.24, 2.45) is 0 Å². The van der Waals surface area contributed by atoms with E-state index in [4.69, 9.17) is 28.9 Å². The number of nitrogens with one attached hydrogen (secondary N) is 2. The number of aromatic nitrogens is 2. The summed E-state index contributed by atoms with van der Waals surface area (Å²) in [6.45, 7) is 1.75. The number of amides is 2. The molecule has 1 heterocycles. The third kappa shape index (κ3) is 3.72. The average molecular weight is 312 g/mol. The minimum atomic E-state index is -0.506. The van der Waals surface area contributed by atoms with Crippen LogP contribution >= 0.6 is 23.2 Å². The van der Waals surface area contributed by atoms with Gasteiger partial charge in [0.15, 0.2) is 0 Å². The van der Waals surface area contributed by atoms with E-state index in [1.165, 1.54) is 6.07 Å². The van der Waals surface area contributed by atoms with Crippen LogP contribution in [0.2, 0.25) is 10.0 Å². The van der Waals surface area contributed by atoms with Gasteiger partial charge in [-0.2, -0.15) is 4.98 Å². The number of urea groups is 1. The molecule has 0 atom stereocenters. The number of hydrogen-bond donors (Lipinski definition) is 3. The fourth-order valence-electron chi connectivity index (χ4n) is 1.49. The minimum Gasteiger partial charge on any atom is -0.384 e.